The first kappa shape index (κ1) is 14.5. The molecule has 0 aliphatic carbocycles. The van der Waals surface area contributed by atoms with Gasteiger partial charge < -0.3 is 5.32 Å². The smallest absolute Gasteiger partial charge is 0.142 e. The third-order valence-corrected chi connectivity index (χ3v) is 4.07. The maximum atomic E-state index is 13.3. The van der Waals surface area contributed by atoms with E-state index in [-0.39, 0.29) is 17.2 Å². The van der Waals surface area contributed by atoms with Crippen LogP contribution in [-0.4, -0.2) is 18.9 Å². The van der Waals surface area contributed by atoms with Gasteiger partial charge in [-0.3, -0.25) is 4.79 Å². The first-order valence-corrected chi connectivity index (χ1v) is 7.20. The Morgan fingerprint density at radius 3 is 3.05 bits per heavy atom. The molecule has 0 spiro atoms. The van der Waals surface area contributed by atoms with Gasteiger partial charge in [0.25, 0.3) is 0 Å². The number of rotatable bonds is 5. The number of ketones is 1. The summed E-state index contributed by atoms with van der Waals surface area (Å²) in [4.78, 5) is 11.9. The van der Waals surface area contributed by atoms with E-state index in [9.17, 15) is 9.18 Å². The van der Waals surface area contributed by atoms with Crippen LogP contribution in [0, 0.1) is 11.7 Å². The summed E-state index contributed by atoms with van der Waals surface area (Å²) in [6.45, 7) is 2.09. The molecule has 104 valence electrons. The van der Waals surface area contributed by atoms with Crippen LogP contribution >= 0.6 is 11.6 Å². The lowest BCUT2D eigenvalue weighted by Gasteiger charge is -2.22. The van der Waals surface area contributed by atoms with Crippen molar-refractivity contribution in [2.45, 2.75) is 32.1 Å². The molecular weight excluding hydrogens is 265 g/mol. The topological polar surface area (TPSA) is 29.1 Å². The molecule has 4 heteroatoms. The maximum absolute atomic E-state index is 13.3. The Hall–Kier alpha value is -0.930. The van der Waals surface area contributed by atoms with Gasteiger partial charge in [-0.2, -0.15) is 0 Å². The molecule has 2 nitrogen and oxygen atoms in total. The van der Waals surface area contributed by atoms with Crippen molar-refractivity contribution in [1.29, 1.82) is 0 Å². The fourth-order valence-electron chi connectivity index (χ4n) is 2.52. The van der Waals surface area contributed by atoms with Crippen molar-refractivity contribution in [2.24, 2.45) is 5.92 Å². The van der Waals surface area contributed by atoms with Gasteiger partial charge >= 0.3 is 0 Å². The molecule has 1 aliphatic heterocycles. The zero-order chi connectivity index (χ0) is 13.7. The van der Waals surface area contributed by atoms with Crippen LogP contribution in [0.1, 0.15) is 31.2 Å². The van der Waals surface area contributed by atoms with Gasteiger partial charge in [0.15, 0.2) is 0 Å². The average Bonchev–Trinajstić information content (AvgIpc) is 2.43. The van der Waals surface area contributed by atoms with E-state index in [4.69, 9.17) is 11.6 Å². The summed E-state index contributed by atoms with van der Waals surface area (Å²) in [6.07, 6.45) is 4.09. The highest BCUT2D eigenvalue weighted by Gasteiger charge is 2.15. The number of carbonyl (C=O) groups is 1. The fourth-order valence-corrected chi connectivity index (χ4v) is 2.71. The Labute approximate surface area is 118 Å². The van der Waals surface area contributed by atoms with E-state index < -0.39 is 5.82 Å². The van der Waals surface area contributed by atoms with Crippen LogP contribution in [0.5, 0.6) is 0 Å². The standard InChI is InChI=1S/C15H19ClFNO/c16-15-12(4-1-5-14(15)17)9-13(19)7-6-11-3-2-8-18-10-11/h1,4-5,11,18H,2-3,6-10H2. The minimum absolute atomic E-state index is 0.0789. The average molecular weight is 284 g/mol. The molecule has 0 amide bonds. The third kappa shape index (κ3) is 4.29. The Morgan fingerprint density at radius 2 is 2.32 bits per heavy atom. The zero-order valence-corrected chi connectivity index (χ0v) is 11.7. The minimum atomic E-state index is -0.455. The summed E-state index contributed by atoms with van der Waals surface area (Å²) >= 11 is 5.85. The van der Waals surface area contributed by atoms with E-state index in [1.807, 2.05) is 0 Å². The van der Waals surface area contributed by atoms with Crippen LogP contribution in [-0.2, 0) is 11.2 Å². The van der Waals surface area contributed by atoms with E-state index in [0.717, 1.165) is 19.5 Å². The van der Waals surface area contributed by atoms with Crippen LogP contribution in [0.3, 0.4) is 0 Å². The van der Waals surface area contributed by atoms with E-state index in [2.05, 4.69) is 5.32 Å². The van der Waals surface area contributed by atoms with Crippen LogP contribution in [0.15, 0.2) is 18.2 Å². The number of hydrogen-bond acceptors (Lipinski definition) is 2. The number of carbonyl (C=O) groups excluding carboxylic acids is 1. The Bertz CT molecular complexity index is 444. The van der Waals surface area contributed by atoms with Gasteiger partial charge in [-0.25, -0.2) is 4.39 Å². The van der Waals surface area contributed by atoms with E-state index >= 15 is 0 Å². The summed E-state index contributed by atoms with van der Waals surface area (Å²) in [5.41, 5.74) is 0.591. The molecule has 19 heavy (non-hydrogen) atoms. The molecule has 0 bridgehead atoms. The molecule has 1 atom stereocenters. The monoisotopic (exact) mass is 283 g/mol. The van der Waals surface area contributed by atoms with Crippen LogP contribution in [0.25, 0.3) is 0 Å². The summed E-state index contributed by atoms with van der Waals surface area (Å²) in [6, 6.07) is 4.62. The van der Waals surface area contributed by atoms with Crippen molar-refractivity contribution in [1.82, 2.24) is 5.32 Å². The van der Waals surface area contributed by atoms with E-state index in [1.54, 1.807) is 12.1 Å². The second-order valence-corrected chi connectivity index (χ2v) is 5.56. The van der Waals surface area contributed by atoms with Gasteiger partial charge in [-0.1, -0.05) is 23.7 Å². The molecule has 0 saturated carbocycles. The molecule has 1 aliphatic rings. The second kappa shape index (κ2) is 7.01. The molecule has 2 rings (SSSR count). The lowest BCUT2D eigenvalue weighted by atomic mass is 9.92. The number of nitrogens with one attached hydrogen (secondary N) is 1. The number of halogens is 2. The molecule has 1 aromatic carbocycles. The van der Waals surface area contributed by atoms with Gasteiger partial charge in [0.05, 0.1) is 5.02 Å². The van der Waals surface area contributed by atoms with Crippen molar-refractivity contribution in [3.63, 3.8) is 0 Å². The SMILES string of the molecule is O=C(CCC1CCCNC1)Cc1cccc(F)c1Cl. The van der Waals surface area contributed by atoms with Gasteiger partial charge in [0, 0.05) is 12.8 Å². The van der Waals surface area contributed by atoms with Crippen LogP contribution in [0.2, 0.25) is 5.02 Å². The lowest BCUT2D eigenvalue weighted by Crippen LogP contribution is -2.30. The van der Waals surface area contributed by atoms with Gasteiger partial charge in [-0.05, 0) is 49.9 Å². The number of hydrogen-bond donors (Lipinski definition) is 1. The first-order valence-electron chi connectivity index (χ1n) is 6.82. The molecule has 1 aromatic rings. The minimum Gasteiger partial charge on any atom is -0.316 e. The van der Waals surface area contributed by atoms with Gasteiger partial charge in [0.1, 0.15) is 11.6 Å². The molecule has 1 heterocycles. The summed E-state index contributed by atoms with van der Waals surface area (Å²) in [7, 11) is 0. The number of benzene rings is 1. The summed E-state index contributed by atoms with van der Waals surface area (Å²) in [5, 5.41) is 3.42. The maximum Gasteiger partial charge on any atom is 0.142 e. The summed E-state index contributed by atoms with van der Waals surface area (Å²) in [5.74, 6) is 0.280. The Balaban J connectivity index is 1.82. The molecule has 1 N–H and O–H groups in total. The van der Waals surface area contributed by atoms with Gasteiger partial charge in [-0.15, -0.1) is 0 Å². The van der Waals surface area contributed by atoms with Crippen molar-refractivity contribution >= 4 is 17.4 Å². The van der Waals surface area contributed by atoms with Gasteiger partial charge in [0.2, 0.25) is 0 Å². The highest BCUT2D eigenvalue weighted by molar-refractivity contribution is 6.31. The highest BCUT2D eigenvalue weighted by atomic mass is 35.5. The first-order chi connectivity index (χ1) is 9.16. The van der Waals surface area contributed by atoms with Crippen molar-refractivity contribution < 1.29 is 9.18 Å². The lowest BCUT2D eigenvalue weighted by molar-refractivity contribution is -0.118. The Kier molecular flexibility index (Phi) is 5.34. The number of Topliss-reactive ketones (excluding diaryl/α,β-unsaturated/α-hetero) is 1. The third-order valence-electron chi connectivity index (χ3n) is 3.65. The highest BCUT2D eigenvalue weighted by Crippen LogP contribution is 2.22. The quantitative estimate of drug-likeness (QED) is 0.898. The Morgan fingerprint density at radius 1 is 1.47 bits per heavy atom. The molecule has 1 saturated heterocycles. The number of piperidine rings is 1. The molecule has 0 aromatic heterocycles. The normalized spacial score (nSPS) is 19.4. The van der Waals surface area contributed by atoms with E-state index in [0.29, 0.717) is 17.9 Å². The van der Waals surface area contributed by atoms with Crippen molar-refractivity contribution in [2.75, 3.05) is 13.1 Å². The molecule has 1 unspecified atom stereocenters. The predicted molar refractivity (Wildman–Crippen MR) is 74.9 cm³/mol. The van der Waals surface area contributed by atoms with Crippen LogP contribution in [0.4, 0.5) is 4.39 Å². The fraction of sp³-hybridized carbons (Fsp3) is 0.533. The van der Waals surface area contributed by atoms with Crippen LogP contribution < -0.4 is 5.32 Å². The molecule has 1 fully saturated rings. The van der Waals surface area contributed by atoms with E-state index in [1.165, 1.54) is 18.9 Å². The van der Waals surface area contributed by atoms with Crippen molar-refractivity contribution in [3.8, 4) is 0 Å². The molecule has 0 radical (unpaired) electrons. The largest absolute Gasteiger partial charge is 0.316 e. The predicted octanol–water partition coefficient (Wildman–Crippen LogP) is 3.37. The molecular formula is C15H19ClFNO. The second-order valence-electron chi connectivity index (χ2n) is 5.18. The summed E-state index contributed by atoms with van der Waals surface area (Å²) < 4.78 is 13.3. The zero-order valence-electron chi connectivity index (χ0n) is 10.9. The van der Waals surface area contributed by atoms with Crippen molar-refractivity contribution in [3.05, 3.63) is 34.6 Å².